The fraction of sp³-hybridized carbons (Fsp3) is 0.412. The van der Waals surface area contributed by atoms with Gasteiger partial charge in [-0.1, -0.05) is 30.3 Å². The van der Waals surface area contributed by atoms with E-state index in [0.717, 1.165) is 18.8 Å². The summed E-state index contributed by atoms with van der Waals surface area (Å²) in [5, 5.41) is 2.53. The maximum Gasteiger partial charge on any atom is 0.119 e. The van der Waals surface area contributed by atoms with Gasteiger partial charge >= 0.3 is 0 Å². The number of quaternary nitrogens is 1. The summed E-state index contributed by atoms with van der Waals surface area (Å²) in [6.45, 7) is 4.81. The molecule has 0 atom stereocenters. The number of rotatable bonds is 5. The molecule has 1 heterocycles. The number of likely N-dealkylation sites (tertiary alicyclic amines) is 1. The van der Waals surface area contributed by atoms with Gasteiger partial charge in [0.2, 0.25) is 0 Å². The zero-order valence-corrected chi connectivity index (χ0v) is 11.4. The Balaban J connectivity index is 1.50. The molecule has 2 nitrogen and oxygen atoms in total. The molecule has 0 amide bonds. The van der Waals surface area contributed by atoms with Gasteiger partial charge in [-0.05, 0) is 22.9 Å². The van der Waals surface area contributed by atoms with Crippen molar-refractivity contribution in [2.24, 2.45) is 0 Å². The van der Waals surface area contributed by atoms with Gasteiger partial charge in [-0.15, -0.1) is 0 Å². The van der Waals surface area contributed by atoms with Crippen molar-refractivity contribution in [3.05, 3.63) is 42.5 Å². The van der Waals surface area contributed by atoms with Gasteiger partial charge < -0.3 is 9.64 Å². The molecule has 0 saturated carbocycles. The molecule has 0 spiro atoms. The summed E-state index contributed by atoms with van der Waals surface area (Å²) in [7, 11) is 0. The van der Waals surface area contributed by atoms with Crippen molar-refractivity contribution in [3.8, 4) is 5.75 Å². The second kappa shape index (κ2) is 6.07. The molecule has 3 rings (SSSR count). The lowest BCUT2D eigenvalue weighted by Crippen LogP contribution is -3.10. The van der Waals surface area contributed by atoms with Gasteiger partial charge in [-0.25, -0.2) is 0 Å². The van der Waals surface area contributed by atoms with Gasteiger partial charge in [0.05, 0.1) is 26.2 Å². The summed E-state index contributed by atoms with van der Waals surface area (Å²) in [6, 6.07) is 14.8. The molecule has 0 aliphatic carbocycles. The number of ether oxygens (including phenoxy) is 1. The van der Waals surface area contributed by atoms with E-state index >= 15 is 0 Å². The van der Waals surface area contributed by atoms with E-state index in [2.05, 4.69) is 42.5 Å². The minimum Gasteiger partial charge on any atom is -0.493 e. The number of hydrogen-bond acceptors (Lipinski definition) is 1. The van der Waals surface area contributed by atoms with E-state index in [-0.39, 0.29) is 0 Å². The molecule has 1 aliphatic rings. The SMILES string of the molecule is c1ccc2cc(OCCC[NH+]3CCCC3)ccc2c1. The Kier molecular flexibility index (Phi) is 3.99. The molecule has 0 aromatic heterocycles. The first-order chi connectivity index (χ1) is 9.42. The standard InChI is InChI=1S/C17H21NO/c1-2-7-16-14-17(9-8-15(16)6-1)19-13-5-12-18-10-3-4-11-18/h1-2,6-9,14H,3-5,10-13H2/p+1. The van der Waals surface area contributed by atoms with Crippen molar-refractivity contribution in [1.82, 2.24) is 0 Å². The molecule has 0 unspecified atom stereocenters. The molecule has 1 aliphatic heterocycles. The predicted octanol–water partition coefficient (Wildman–Crippen LogP) is 2.29. The lowest BCUT2D eigenvalue weighted by Gasteiger charge is -2.12. The quantitative estimate of drug-likeness (QED) is 0.810. The van der Waals surface area contributed by atoms with Crippen LogP contribution in [0.15, 0.2) is 42.5 Å². The minimum atomic E-state index is 0.835. The highest BCUT2D eigenvalue weighted by Gasteiger charge is 2.14. The van der Waals surface area contributed by atoms with Crippen molar-refractivity contribution in [2.75, 3.05) is 26.2 Å². The molecule has 100 valence electrons. The van der Waals surface area contributed by atoms with Crippen molar-refractivity contribution in [2.45, 2.75) is 19.3 Å². The number of hydrogen-bond donors (Lipinski definition) is 1. The van der Waals surface area contributed by atoms with Gasteiger partial charge in [0.1, 0.15) is 5.75 Å². The smallest absolute Gasteiger partial charge is 0.119 e. The summed E-state index contributed by atoms with van der Waals surface area (Å²) in [6.07, 6.45) is 3.96. The summed E-state index contributed by atoms with van der Waals surface area (Å²) >= 11 is 0. The highest BCUT2D eigenvalue weighted by molar-refractivity contribution is 5.83. The Morgan fingerprint density at radius 3 is 2.58 bits per heavy atom. The Morgan fingerprint density at radius 2 is 1.74 bits per heavy atom. The van der Waals surface area contributed by atoms with Crippen LogP contribution >= 0.6 is 0 Å². The second-order valence-corrected chi connectivity index (χ2v) is 5.42. The van der Waals surface area contributed by atoms with Crippen LogP contribution in [-0.4, -0.2) is 26.2 Å². The average molecular weight is 256 g/mol. The Hall–Kier alpha value is -1.54. The van der Waals surface area contributed by atoms with Crippen LogP contribution in [0.4, 0.5) is 0 Å². The topological polar surface area (TPSA) is 13.7 Å². The van der Waals surface area contributed by atoms with Gasteiger partial charge in [0.25, 0.3) is 0 Å². The Morgan fingerprint density at radius 1 is 0.947 bits per heavy atom. The zero-order valence-electron chi connectivity index (χ0n) is 11.4. The third kappa shape index (κ3) is 3.27. The van der Waals surface area contributed by atoms with Crippen LogP contribution in [0.25, 0.3) is 10.8 Å². The highest BCUT2D eigenvalue weighted by atomic mass is 16.5. The Bertz CT molecular complexity index is 532. The number of benzene rings is 2. The van der Waals surface area contributed by atoms with Crippen LogP contribution in [0.3, 0.4) is 0 Å². The van der Waals surface area contributed by atoms with Crippen LogP contribution in [0.5, 0.6) is 5.75 Å². The average Bonchev–Trinajstić information content (AvgIpc) is 2.97. The van der Waals surface area contributed by atoms with Crippen LogP contribution < -0.4 is 9.64 Å². The summed E-state index contributed by atoms with van der Waals surface area (Å²) in [5.74, 6) is 0.995. The molecule has 0 bridgehead atoms. The molecular weight excluding hydrogens is 234 g/mol. The molecule has 1 saturated heterocycles. The fourth-order valence-corrected chi connectivity index (χ4v) is 2.89. The summed E-state index contributed by atoms with van der Waals surface area (Å²) < 4.78 is 5.86. The summed E-state index contributed by atoms with van der Waals surface area (Å²) in [5.41, 5.74) is 0. The molecule has 19 heavy (non-hydrogen) atoms. The van der Waals surface area contributed by atoms with Crippen molar-refractivity contribution in [1.29, 1.82) is 0 Å². The van der Waals surface area contributed by atoms with Crippen LogP contribution in [0, 0.1) is 0 Å². The number of fused-ring (bicyclic) bond motifs is 1. The Labute approximate surface area is 115 Å². The first-order valence-electron chi connectivity index (χ1n) is 7.37. The van der Waals surface area contributed by atoms with E-state index in [9.17, 15) is 0 Å². The first kappa shape index (κ1) is 12.5. The first-order valence-corrected chi connectivity index (χ1v) is 7.37. The third-order valence-corrected chi connectivity index (χ3v) is 3.97. The minimum absolute atomic E-state index is 0.835. The monoisotopic (exact) mass is 256 g/mol. The highest BCUT2D eigenvalue weighted by Crippen LogP contribution is 2.20. The fourth-order valence-electron chi connectivity index (χ4n) is 2.89. The lowest BCUT2D eigenvalue weighted by molar-refractivity contribution is -0.887. The van der Waals surface area contributed by atoms with Crippen molar-refractivity contribution in [3.63, 3.8) is 0 Å². The van der Waals surface area contributed by atoms with Gasteiger partial charge in [-0.3, -0.25) is 0 Å². The largest absolute Gasteiger partial charge is 0.493 e. The van der Waals surface area contributed by atoms with E-state index < -0.39 is 0 Å². The molecular formula is C17H22NO+. The van der Waals surface area contributed by atoms with E-state index in [0.29, 0.717) is 0 Å². The normalized spacial score (nSPS) is 16.0. The maximum absolute atomic E-state index is 5.86. The van der Waals surface area contributed by atoms with Crippen molar-refractivity contribution >= 4 is 10.8 Å². The van der Waals surface area contributed by atoms with Crippen LogP contribution in [-0.2, 0) is 0 Å². The molecule has 1 fully saturated rings. The third-order valence-electron chi connectivity index (χ3n) is 3.97. The van der Waals surface area contributed by atoms with Gasteiger partial charge in [0, 0.05) is 19.3 Å². The van der Waals surface area contributed by atoms with Crippen LogP contribution in [0.2, 0.25) is 0 Å². The maximum atomic E-state index is 5.86. The lowest BCUT2D eigenvalue weighted by atomic mass is 10.1. The zero-order chi connectivity index (χ0) is 12.9. The molecule has 0 radical (unpaired) electrons. The predicted molar refractivity (Wildman–Crippen MR) is 78.9 cm³/mol. The van der Waals surface area contributed by atoms with Crippen LogP contribution in [0.1, 0.15) is 19.3 Å². The van der Waals surface area contributed by atoms with E-state index in [1.165, 1.54) is 43.2 Å². The van der Waals surface area contributed by atoms with E-state index in [4.69, 9.17) is 4.74 Å². The number of nitrogens with one attached hydrogen (secondary N) is 1. The van der Waals surface area contributed by atoms with Gasteiger partial charge in [-0.2, -0.15) is 0 Å². The molecule has 1 N–H and O–H groups in total. The van der Waals surface area contributed by atoms with Gasteiger partial charge in [0.15, 0.2) is 0 Å². The second-order valence-electron chi connectivity index (χ2n) is 5.42. The van der Waals surface area contributed by atoms with E-state index in [1.54, 1.807) is 4.90 Å². The molecule has 2 heteroatoms. The molecule has 2 aromatic carbocycles. The molecule has 2 aromatic rings. The summed E-state index contributed by atoms with van der Waals surface area (Å²) in [4.78, 5) is 1.75. The van der Waals surface area contributed by atoms with Crippen molar-refractivity contribution < 1.29 is 9.64 Å². The van der Waals surface area contributed by atoms with E-state index in [1.807, 2.05) is 0 Å².